The fraction of sp³-hybridized carbons (Fsp3) is 0.222. The summed E-state index contributed by atoms with van der Waals surface area (Å²) in [6.07, 6.45) is 13.8. The van der Waals surface area contributed by atoms with Crippen LogP contribution in [0.4, 0.5) is 0 Å². The number of hydrogen-bond donors (Lipinski definition) is 1. The monoisotopic (exact) mass is 492 g/mol. The first-order valence-electron chi connectivity index (χ1n) is 14.0. The van der Waals surface area contributed by atoms with Gasteiger partial charge in [-0.15, -0.1) is 0 Å². The highest BCUT2D eigenvalue weighted by molar-refractivity contribution is 6.04. The van der Waals surface area contributed by atoms with Crippen LogP contribution in [0.5, 0.6) is 0 Å². The van der Waals surface area contributed by atoms with Crippen molar-refractivity contribution in [3.05, 3.63) is 136 Å². The van der Waals surface area contributed by atoms with Crippen LogP contribution in [0.2, 0.25) is 0 Å². The largest absolute Gasteiger partial charge is 0.364 e. The van der Waals surface area contributed by atoms with Gasteiger partial charge < -0.3 is 9.88 Å². The number of para-hydroxylation sites is 1. The van der Waals surface area contributed by atoms with Crippen LogP contribution in [0.1, 0.15) is 79.2 Å². The van der Waals surface area contributed by atoms with Gasteiger partial charge in [-0.3, -0.25) is 0 Å². The van der Waals surface area contributed by atoms with Crippen molar-refractivity contribution in [2.45, 2.75) is 51.1 Å². The van der Waals surface area contributed by atoms with Gasteiger partial charge in [-0.25, -0.2) is 0 Å². The van der Waals surface area contributed by atoms with E-state index >= 15 is 0 Å². The highest BCUT2D eigenvalue weighted by Gasteiger charge is 2.40. The molecule has 3 aromatic carbocycles. The fourth-order valence-electron chi connectivity index (χ4n) is 7.51. The first kappa shape index (κ1) is 22.0. The zero-order valence-electron chi connectivity index (χ0n) is 22.1. The summed E-state index contributed by atoms with van der Waals surface area (Å²) < 4.78 is 2.64. The smallest absolute Gasteiger partial charge is 0.130 e. The third-order valence-electron chi connectivity index (χ3n) is 9.17. The molecule has 4 aliphatic rings. The minimum Gasteiger partial charge on any atom is -0.364 e. The number of rotatable bonds is 1. The number of allylic oxidation sites excluding steroid dienone is 8. The summed E-state index contributed by atoms with van der Waals surface area (Å²) in [6, 6.07) is 27.2. The molecule has 1 atom stereocenters. The van der Waals surface area contributed by atoms with E-state index < -0.39 is 0 Å². The third-order valence-corrected chi connectivity index (χ3v) is 9.17. The second-order valence-electron chi connectivity index (χ2n) is 11.6. The first-order valence-corrected chi connectivity index (χ1v) is 14.0. The number of fused-ring (bicyclic) bond motifs is 8. The average Bonchev–Trinajstić information content (AvgIpc) is 3.29. The Bertz CT molecular complexity index is 1770. The van der Waals surface area contributed by atoms with Crippen molar-refractivity contribution in [1.82, 2.24) is 9.88 Å². The van der Waals surface area contributed by atoms with Crippen LogP contribution in [-0.4, -0.2) is 4.57 Å². The lowest BCUT2D eigenvalue weighted by atomic mass is 9.75. The van der Waals surface area contributed by atoms with Gasteiger partial charge in [-0.2, -0.15) is 0 Å². The van der Waals surface area contributed by atoms with Crippen LogP contribution in [0.15, 0.2) is 103 Å². The van der Waals surface area contributed by atoms with Crippen molar-refractivity contribution in [1.29, 1.82) is 0 Å². The zero-order chi connectivity index (χ0) is 25.4. The van der Waals surface area contributed by atoms with Gasteiger partial charge in [0, 0.05) is 33.2 Å². The normalized spacial score (nSPS) is 20.7. The Morgan fingerprint density at radius 2 is 1.47 bits per heavy atom. The van der Waals surface area contributed by atoms with Gasteiger partial charge in [0.25, 0.3) is 0 Å². The van der Waals surface area contributed by atoms with Crippen molar-refractivity contribution < 1.29 is 0 Å². The van der Waals surface area contributed by atoms with Crippen molar-refractivity contribution in [2.24, 2.45) is 0 Å². The summed E-state index contributed by atoms with van der Waals surface area (Å²) in [5.74, 6) is 0. The van der Waals surface area contributed by atoms with Gasteiger partial charge in [0.05, 0.1) is 11.2 Å². The number of nitrogens with zero attached hydrogens (tertiary/aromatic N) is 1. The summed E-state index contributed by atoms with van der Waals surface area (Å²) in [5, 5.41) is 5.42. The Balaban J connectivity index is 1.51. The first-order chi connectivity index (χ1) is 18.6. The van der Waals surface area contributed by atoms with E-state index in [9.17, 15) is 0 Å². The molecule has 1 N–H and O–H groups in total. The zero-order valence-corrected chi connectivity index (χ0v) is 22.1. The van der Waals surface area contributed by atoms with Gasteiger partial charge >= 0.3 is 0 Å². The van der Waals surface area contributed by atoms with Crippen LogP contribution in [0.3, 0.4) is 0 Å². The van der Waals surface area contributed by atoms with Crippen molar-refractivity contribution >= 4 is 27.6 Å². The summed E-state index contributed by atoms with van der Waals surface area (Å²) in [5.41, 5.74) is 15.1. The molecule has 2 heteroatoms. The number of hydrogen-bond acceptors (Lipinski definition) is 1. The molecule has 1 unspecified atom stereocenters. The highest BCUT2D eigenvalue weighted by atomic mass is 15.2. The minimum atomic E-state index is -0.145. The molecule has 38 heavy (non-hydrogen) atoms. The topological polar surface area (TPSA) is 17.0 Å². The van der Waals surface area contributed by atoms with Crippen molar-refractivity contribution in [3.63, 3.8) is 0 Å². The van der Waals surface area contributed by atoms with E-state index in [0.717, 1.165) is 25.7 Å². The molecule has 0 radical (unpaired) electrons. The standard InChI is InChI=1S/C36H32N2/c1-36(2)30-20-10-7-15-25(30)23-13-3-5-17-27(23)34-33(36)29-19-9-12-22-32(29)38(34)35-28-18-6-4-14-24(28)26-16-8-11-21-31(26)37-35/h4-10,12,14-20,22,35,37H,3,11,13,21H2,1-2H3. The second-order valence-corrected chi connectivity index (χ2v) is 11.6. The number of aromatic nitrogens is 1. The van der Waals surface area contributed by atoms with Gasteiger partial charge in [-0.1, -0.05) is 105 Å². The Hall–Kier alpha value is -4.04. The molecule has 2 nitrogen and oxygen atoms in total. The SMILES string of the molecule is CC1(C)c2ccccc2C2=C(C=CCC2)c2c1c1ccccc1n2C1NC2=C(C=CCC2)c2ccccc21. The minimum absolute atomic E-state index is 0.0335. The Kier molecular flexibility index (Phi) is 4.62. The fourth-order valence-corrected chi connectivity index (χ4v) is 7.51. The molecule has 3 aliphatic carbocycles. The van der Waals surface area contributed by atoms with Crippen LogP contribution >= 0.6 is 0 Å². The molecule has 1 aliphatic heterocycles. The average molecular weight is 493 g/mol. The molecule has 0 bridgehead atoms. The van der Waals surface area contributed by atoms with E-state index in [-0.39, 0.29) is 11.6 Å². The van der Waals surface area contributed by atoms with Crippen LogP contribution in [-0.2, 0) is 5.41 Å². The molecule has 8 rings (SSSR count). The highest BCUT2D eigenvalue weighted by Crippen LogP contribution is 2.52. The van der Waals surface area contributed by atoms with E-state index in [2.05, 4.69) is 121 Å². The van der Waals surface area contributed by atoms with Crippen molar-refractivity contribution in [2.75, 3.05) is 0 Å². The molecule has 1 aromatic heterocycles. The van der Waals surface area contributed by atoms with E-state index in [1.807, 2.05) is 0 Å². The Morgan fingerprint density at radius 3 is 2.37 bits per heavy atom. The van der Waals surface area contributed by atoms with Gasteiger partial charge in [0.15, 0.2) is 0 Å². The predicted octanol–water partition coefficient (Wildman–Crippen LogP) is 8.75. The Labute approximate surface area is 224 Å². The lowest BCUT2D eigenvalue weighted by Gasteiger charge is -2.35. The predicted molar refractivity (Wildman–Crippen MR) is 159 cm³/mol. The molecule has 0 amide bonds. The molecule has 0 saturated heterocycles. The maximum Gasteiger partial charge on any atom is 0.130 e. The molecule has 0 saturated carbocycles. The molecule has 4 aromatic rings. The summed E-state index contributed by atoms with van der Waals surface area (Å²) in [6.45, 7) is 4.86. The Morgan fingerprint density at radius 1 is 0.763 bits per heavy atom. The van der Waals surface area contributed by atoms with Crippen LogP contribution in [0, 0.1) is 0 Å². The van der Waals surface area contributed by atoms with Crippen LogP contribution in [0.25, 0.3) is 27.6 Å². The molecular weight excluding hydrogens is 460 g/mol. The maximum atomic E-state index is 4.07. The van der Waals surface area contributed by atoms with Crippen LogP contribution < -0.4 is 5.32 Å². The number of nitrogens with one attached hydrogen (secondary N) is 1. The quantitative estimate of drug-likeness (QED) is 0.281. The number of benzene rings is 3. The molecule has 0 fully saturated rings. The molecule has 186 valence electrons. The second kappa shape index (κ2) is 7.98. The van der Waals surface area contributed by atoms with Gasteiger partial charge in [0.2, 0.25) is 0 Å². The molecule has 2 heterocycles. The van der Waals surface area contributed by atoms with Crippen molar-refractivity contribution in [3.8, 4) is 0 Å². The summed E-state index contributed by atoms with van der Waals surface area (Å²) in [4.78, 5) is 0. The van der Waals surface area contributed by atoms with E-state index in [1.165, 1.54) is 66.8 Å². The molecule has 0 spiro atoms. The van der Waals surface area contributed by atoms with E-state index in [4.69, 9.17) is 0 Å². The van der Waals surface area contributed by atoms with E-state index in [0.29, 0.717) is 0 Å². The third kappa shape index (κ3) is 2.89. The summed E-state index contributed by atoms with van der Waals surface area (Å²) in [7, 11) is 0. The van der Waals surface area contributed by atoms with Gasteiger partial charge in [-0.05, 0) is 59.6 Å². The summed E-state index contributed by atoms with van der Waals surface area (Å²) >= 11 is 0. The van der Waals surface area contributed by atoms with E-state index in [1.54, 1.807) is 0 Å². The van der Waals surface area contributed by atoms with Gasteiger partial charge in [0.1, 0.15) is 6.17 Å². The lowest BCUT2D eigenvalue weighted by molar-refractivity contribution is 0.503. The molecular formula is C36H32N2. The maximum absolute atomic E-state index is 4.07. The lowest BCUT2D eigenvalue weighted by Crippen LogP contribution is -2.33.